The number of hydrogen-bond donors (Lipinski definition) is 1. The standard InChI is InChI=1S/C12H16FNO2/c1-4-16-12(15)9(3)14-11-6-8(2)5-10(13)7-11/h5-7,9,14H,4H2,1-3H3. The maximum atomic E-state index is 13.1. The molecule has 0 heterocycles. The number of esters is 1. The molecule has 16 heavy (non-hydrogen) atoms. The molecule has 1 aromatic rings. The Morgan fingerprint density at radius 1 is 1.50 bits per heavy atom. The minimum atomic E-state index is -0.485. The lowest BCUT2D eigenvalue weighted by Crippen LogP contribution is -2.28. The van der Waals surface area contributed by atoms with Crippen molar-refractivity contribution in [2.24, 2.45) is 0 Å². The first-order chi connectivity index (χ1) is 7.52. The number of ether oxygens (including phenoxy) is 1. The molecular formula is C12H16FNO2. The monoisotopic (exact) mass is 225 g/mol. The Morgan fingerprint density at radius 3 is 2.75 bits per heavy atom. The minimum absolute atomic E-state index is 0.321. The molecular weight excluding hydrogens is 209 g/mol. The highest BCUT2D eigenvalue weighted by Gasteiger charge is 2.13. The zero-order valence-corrected chi connectivity index (χ0v) is 9.71. The Balaban J connectivity index is 2.69. The number of nitrogens with one attached hydrogen (secondary N) is 1. The number of benzene rings is 1. The largest absolute Gasteiger partial charge is 0.464 e. The van der Waals surface area contributed by atoms with Crippen LogP contribution < -0.4 is 5.32 Å². The van der Waals surface area contributed by atoms with Gasteiger partial charge in [-0.2, -0.15) is 0 Å². The van der Waals surface area contributed by atoms with Gasteiger partial charge in [-0.3, -0.25) is 0 Å². The van der Waals surface area contributed by atoms with Gasteiger partial charge in [0.2, 0.25) is 0 Å². The van der Waals surface area contributed by atoms with Gasteiger partial charge < -0.3 is 10.1 Å². The molecule has 1 rings (SSSR count). The number of rotatable bonds is 4. The molecule has 1 unspecified atom stereocenters. The van der Waals surface area contributed by atoms with Gasteiger partial charge in [-0.15, -0.1) is 0 Å². The van der Waals surface area contributed by atoms with Crippen molar-refractivity contribution in [1.29, 1.82) is 0 Å². The molecule has 0 aliphatic rings. The Kier molecular flexibility index (Phi) is 4.28. The summed E-state index contributed by atoms with van der Waals surface area (Å²) >= 11 is 0. The number of aryl methyl sites for hydroxylation is 1. The van der Waals surface area contributed by atoms with Gasteiger partial charge in [0.05, 0.1) is 6.61 Å². The smallest absolute Gasteiger partial charge is 0.328 e. The van der Waals surface area contributed by atoms with Crippen molar-refractivity contribution < 1.29 is 13.9 Å². The average Bonchev–Trinajstić information content (AvgIpc) is 2.16. The van der Waals surface area contributed by atoms with Gasteiger partial charge in [-0.25, -0.2) is 9.18 Å². The van der Waals surface area contributed by atoms with E-state index in [0.717, 1.165) is 5.56 Å². The Labute approximate surface area is 94.6 Å². The van der Waals surface area contributed by atoms with Crippen LogP contribution in [0.4, 0.5) is 10.1 Å². The molecule has 0 saturated heterocycles. The molecule has 0 aliphatic carbocycles. The van der Waals surface area contributed by atoms with E-state index in [0.29, 0.717) is 12.3 Å². The maximum absolute atomic E-state index is 13.1. The summed E-state index contributed by atoms with van der Waals surface area (Å²) in [7, 11) is 0. The van der Waals surface area contributed by atoms with Crippen molar-refractivity contribution >= 4 is 11.7 Å². The molecule has 0 amide bonds. The summed E-state index contributed by atoms with van der Waals surface area (Å²) in [6, 6.07) is 4.07. The number of halogens is 1. The molecule has 1 atom stereocenters. The first-order valence-electron chi connectivity index (χ1n) is 5.23. The van der Waals surface area contributed by atoms with E-state index in [1.807, 2.05) is 0 Å². The topological polar surface area (TPSA) is 38.3 Å². The first kappa shape index (κ1) is 12.5. The summed E-state index contributed by atoms with van der Waals surface area (Å²) in [5.41, 5.74) is 1.39. The summed E-state index contributed by atoms with van der Waals surface area (Å²) < 4.78 is 17.9. The summed E-state index contributed by atoms with van der Waals surface area (Å²) in [6.07, 6.45) is 0. The third-order valence-corrected chi connectivity index (χ3v) is 2.07. The molecule has 0 bridgehead atoms. The fourth-order valence-corrected chi connectivity index (χ4v) is 1.40. The minimum Gasteiger partial charge on any atom is -0.464 e. The van der Waals surface area contributed by atoms with E-state index in [9.17, 15) is 9.18 Å². The molecule has 0 aliphatic heterocycles. The molecule has 3 nitrogen and oxygen atoms in total. The van der Waals surface area contributed by atoms with Crippen molar-refractivity contribution in [3.05, 3.63) is 29.6 Å². The summed E-state index contributed by atoms with van der Waals surface area (Å²) in [5.74, 6) is -0.664. The van der Waals surface area contributed by atoms with Crippen LogP contribution in [0.2, 0.25) is 0 Å². The summed E-state index contributed by atoms with van der Waals surface area (Å²) in [5, 5.41) is 2.89. The molecule has 0 spiro atoms. The normalized spacial score (nSPS) is 12.0. The molecule has 0 radical (unpaired) electrons. The van der Waals surface area contributed by atoms with Crippen LogP contribution in [-0.4, -0.2) is 18.6 Å². The number of carbonyl (C=O) groups excluding carboxylic acids is 1. The number of hydrogen-bond acceptors (Lipinski definition) is 3. The Hall–Kier alpha value is -1.58. The van der Waals surface area contributed by atoms with Crippen LogP contribution in [0.15, 0.2) is 18.2 Å². The van der Waals surface area contributed by atoms with Gasteiger partial charge in [-0.1, -0.05) is 0 Å². The third kappa shape index (κ3) is 3.53. The highest BCUT2D eigenvalue weighted by Crippen LogP contribution is 2.14. The fourth-order valence-electron chi connectivity index (χ4n) is 1.40. The molecule has 1 aromatic carbocycles. The number of carbonyl (C=O) groups is 1. The second-order valence-corrected chi connectivity index (χ2v) is 3.64. The van der Waals surface area contributed by atoms with E-state index in [4.69, 9.17) is 4.74 Å². The molecule has 0 fully saturated rings. The lowest BCUT2D eigenvalue weighted by atomic mass is 10.2. The zero-order valence-electron chi connectivity index (χ0n) is 9.71. The summed E-state index contributed by atoms with van der Waals surface area (Å²) in [4.78, 5) is 11.3. The van der Waals surface area contributed by atoms with Gasteiger partial charge in [0.1, 0.15) is 11.9 Å². The van der Waals surface area contributed by atoms with E-state index < -0.39 is 6.04 Å². The quantitative estimate of drug-likeness (QED) is 0.800. The van der Waals surface area contributed by atoms with Gasteiger partial charge in [0, 0.05) is 5.69 Å². The predicted octanol–water partition coefficient (Wildman–Crippen LogP) is 2.50. The second-order valence-electron chi connectivity index (χ2n) is 3.64. The van der Waals surface area contributed by atoms with E-state index in [1.54, 1.807) is 26.8 Å². The predicted molar refractivity (Wildman–Crippen MR) is 60.9 cm³/mol. The highest BCUT2D eigenvalue weighted by atomic mass is 19.1. The zero-order chi connectivity index (χ0) is 12.1. The van der Waals surface area contributed by atoms with Gasteiger partial charge in [0.25, 0.3) is 0 Å². The molecule has 0 saturated carbocycles. The lowest BCUT2D eigenvalue weighted by molar-refractivity contribution is -0.143. The van der Waals surface area contributed by atoms with E-state index in [-0.39, 0.29) is 11.8 Å². The van der Waals surface area contributed by atoms with Gasteiger partial charge in [0.15, 0.2) is 0 Å². The molecule has 0 aromatic heterocycles. The average molecular weight is 225 g/mol. The Morgan fingerprint density at radius 2 is 2.19 bits per heavy atom. The fraction of sp³-hybridized carbons (Fsp3) is 0.417. The summed E-state index contributed by atoms with van der Waals surface area (Å²) in [6.45, 7) is 5.56. The van der Waals surface area contributed by atoms with Gasteiger partial charge >= 0.3 is 5.97 Å². The lowest BCUT2D eigenvalue weighted by Gasteiger charge is -2.14. The van der Waals surface area contributed by atoms with Gasteiger partial charge in [-0.05, 0) is 44.5 Å². The van der Waals surface area contributed by atoms with Crippen molar-refractivity contribution in [2.45, 2.75) is 26.8 Å². The van der Waals surface area contributed by atoms with E-state index in [1.165, 1.54) is 12.1 Å². The van der Waals surface area contributed by atoms with Crippen molar-refractivity contribution in [2.75, 3.05) is 11.9 Å². The van der Waals surface area contributed by atoms with Crippen LogP contribution in [0.25, 0.3) is 0 Å². The molecule has 4 heteroatoms. The highest BCUT2D eigenvalue weighted by molar-refractivity contribution is 5.78. The van der Waals surface area contributed by atoms with Crippen LogP contribution in [-0.2, 0) is 9.53 Å². The first-order valence-corrected chi connectivity index (χ1v) is 5.23. The van der Waals surface area contributed by atoms with Crippen LogP contribution in [0.5, 0.6) is 0 Å². The van der Waals surface area contributed by atoms with E-state index >= 15 is 0 Å². The van der Waals surface area contributed by atoms with Crippen LogP contribution in [0.1, 0.15) is 19.4 Å². The number of anilines is 1. The second kappa shape index (κ2) is 5.49. The van der Waals surface area contributed by atoms with Crippen LogP contribution in [0.3, 0.4) is 0 Å². The Bertz CT molecular complexity index is 359. The van der Waals surface area contributed by atoms with E-state index in [2.05, 4.69) is 5.32 Å². The van der Waals surface area contributed by atoms with Crippen LogP contribution in [0, 0.1) is 12.7 Å². The van der Waals surface area contributed by atoms with Crippen LogP contribution >= 0.6 is 0 Å². The third-order valence-electron chi connectivity index (χ3n) is 2.07. The maximum Gasteiger partial charge on any atom is 0.328 e. The molecule has 88 valence electrons. The molecule has 1 N–H and O–H groups in total. The SMILES string of the molecule is CCOC(=O)C(C)Nc1cc(C)cc(F)c1. The van der Waals surface area contributed by atoms with Crippen molar-refractivity contribution in [3.63, 3.8) is 0 Å². The van der Waals surface area contributed by atoms with Crippen molar-refractivity contribution in [1.82, 2.24) is 0 Å². The van der Waals surface area contributed by atoms with Crippen molar-refractivity contribution in [3.8, 4) is 0 Å².